The third kappa shape index (κ3) is 8.11. The second kappa shape index (κ2) is 14.6. The van der Waals surface area contributed by atoms with Crippen LogP contribution in [0.2, 0.25) is 0 Å². The number of nitrogens with zero attached hydrogens (tertiary/aromatic N) is 3. The molecular weight excluding hydrogens is 559 g/mol. The van der Waals surface area contributed by atoms with Crippen molar-refractivity contribution in [2.45, 2.75) is 49.4 Å². The number of thioether (sulfide) groups is 1. The Hall–Kier alpha value is -4.43. The van der Waals surface area contributed by atoms with Crippen molar-refractivity contribution in [2.24, 2.45) is 0 Å². The molecule has 1 unspecified atom stereocenters. The first-order valence-electron chi connectivity index (χ1n) is 14.5. The van der Waals surface area contributed by atoms with Crippen LogP contribution in [0, 0.1) is 12.7 Å². The number of unbranched alkanes of at least 4 members (excludes halogenated alkanes) is 1. The quantitative estimate of drug-likeness (QED) is 0.108. The molecule has 0 fully saturated rings. The Morgan fingerprint density at radius 1 is 0.907 bits per heavy atom. The minimum atomic E-state index is -0.292. The van der Waals surface area contributed by atoms with E-state index in [1.165, 1.54) is 29.3 Å². The van der Waals surface area contributed by atoms with Gasteiger partial charge in [-0.15, -0.1) is 10.2 Å². The first-order chi connectivity index (χ1) is 21.0. The lowest BCUT2D eigenvalue weighted by Gasteiger charge is -2.19. The van der Waals surface area contributed by atoms with Gasteiger partial charge in [0.2, 0.25) is 0 Å². The third-order valence-electron chi connectivity index (χ3n) is 7.30. The Morgan fingerprint density at radius 3 is 2.44 bits per heavy atom. The largest absolute Gasteiger partial charge is 0.507 e. The van der Waals surface area contributed by atoms with Gasteiger partial charge in [0.25, 0.3) is 5.91 Å². The van der Waals surface area contributed by atoms with Crippen LogP contribution in [0.25, 0.3) is 5.69 Å². The van der Waals surface area contributed by atoms with Gasteiger partial charge >= 0.3 is 0 Å². The molecule has 0 spiro atoms. The van der Waals surface area contributed by atoms with Crippen LogP contribution in [0.15, 0.2) is 108 Å². The summed E-state index contributed by atoms with van der Waals surface area (Å²) >= 11 is 1.66. The number of hydrogen-bond acceptors (Lipinski definition) is 5. The SMILES string of the molecule is Cc1cccc(CSc2nnc(C(CCCCNC(=O)c3ccccc3O)Cc3ccc(F)cc3)n2-c2ccccc2)c1. The molecule has 5 aromatic rings. The molecule has 1 atom stereocenters. The molecule has 0 saturated carbocycles. The van der Waals surface area contributed by atoms with Gasteiger partial charge < -0.3 is 10.4 Å². The number of aryl methyl sites for hydroxylation is 1. The molecule has 1 aromatic heterocycles. The molecular formula is C35H35FN4O2S. The predicted molar refractivity (Wildman–Crippen MR) is 169 cm³/mol. The van der Waals surface area contributed by atoms with Crippen LogP contribution < -0.4 is 5.32 Å². The smallest absolute Gasteiger partial charge is 0.255 e. The zero-order valence-electron chi connectivity index (χ0n) is 24.1. The second-order valence-corrected chi connectivity index (χ2v) is 11.5. The maximum atomic E-state index is 13.7. The summed E-state index contributed by atoms with van der Waals surface area (Å²) < 4.78 is 15.9. The molecule has 0 aliphatic heterocycles. The van der Waals surface area contributed by atoms with Crippen LogP contribution in [-0.2, 0) is 12.2 Å². The molecule has 0 saturated heterocycles. The molecule has 6 nitrogen and oxygen atoms in total. The molecule has 0 radical (unpaired) electrons. The summed E-state index contributed by atoms with van der Waals surface area (Å²) in [6.45, 7) is 2.58. The average molecular weight is 595 g/mol. The number of aromatic nitrogens is 3. The van der Waals surface area contributed by atoms with Gasteiger partial charge in [-0.25, -0.2) is 4.39 Å². The number of para-hydroxylation sites is 2. The normalized spacial score (nSPS) is 11.8. The zero-order valence-corrected chi connectivity index (χ0v) is 24.9. The highest BCUT2D eigenvalue weighted by atomic mass is 32.2. The summed E-state index contributed by atoms with van der Waals surface area (Å²) in [5, 5.41) is 23.1. The molecule has 1 amide bonds. The number of hydrogen-bond donors (Lipinski definition) is 2. The monoisotopic (exact) mass is 594 g/mol. The van der Waals surface area contributed by atoms with Crippen molar-refractivity contribution in [1.82, 2.24) is 20.1 Å². The Labute approximate surface area is 256 Å². The number of phenolic OH excluding ortho intramolecular Hbond substituents is 1. The molecule has 2 N–H and O–H groups in total. The number of halogens is 1. The average Bonchev–Trinajstić information content (AvgIpc) is 3.45. The van der Waals surface area contributed by atoms with Crippen LogP contribution in [0.5, 0.6) is 5.75 Å². The molecule has 220 valence electrons. The van der Waals surface area contributed by atoms with E-state index < -0.39 is 0 Å². The van der Waals surface area contributed by atoms with Crippen molar-refractivity contribution < 1.29 is 14.3 Å². The highest BCUT2D eigenvalue weighted by Crippen LogP contribution is 2.32. The minimum absolute atomic E-state index is 0.0142. The maximum absolute atomic E-state index is 13.7. The van der Waals surface area contributed by atoms with Crippen molar-refractivity contribution in [3.8, 4) is 11.4 Å². The van der Waals surface area contributed by atoms with Gasteiger partial charge in [-0.2, -0.15) is 0 Å². The van der Waals surface area contributed by atoms with Crippen molar-refractivity contribution in [2.75, 3.05) is 6.54 Å². The van der Waals surface area contributed by atoms with E-state index in [1.54, 1.807) is 30.0 Å². The number of amides is 1. The number of phenols is 1. The number of rotatable bonds is 13. The first kappa shape index (κ1) is 30.0. The lowest BCUT2D eigenvalue weighted by molar-refractivity contribution is 0.0950. The van der Waals surface area contributed by atoms with E-state index in [1.807, 2.05) is 30.3 Å². The Balaban J connectivity index is 1.35. The fraction of sp³-hybridized carbons (Fsp3) is 0.229. The summed E-state index contributed by atoms with van der Waals surface area (Å²) in [5.41, 5.74) is 4.73. The van der Waals surface area contributed by atoms with Gasteiger partial charge in [0, 0.05) is 23.9 Å². The Kier molecular flexibility index (Phi) is 10.2. The van der Waals surface area contributed by atoms with E-state index in [0.29, 0.717) is 13.0 Å². The van der Waals surface area contributed by atoms with Gasteiger partial charge in [0.05, 0.1) is 5.56 Å². The maximum Gasteiger partial charge on any atom is 0.255 e. The van der Waals surface area contributed by atoms with E-state index in [-0.39, 0.29) is 29.0 Å². The highest BCUT2D eigenvalue weighted by Gasteiger charge is 2.23. The summed E-state index contributed by atoms with van der Waals surface area (Å²) in [6.07, 6.45) is 3.07. The van der Waals surface area contributed by atoms with E-state index in [2.05, 4.69) is 58.3 Å². The van der Waals surface area contributed by atoms with Crippen molar-refractivity contribution in [1.29, 1.82) is 0 Å². The summed E-state index contributed by atoms with van der Waals surface area (Å²) in [6, 6.07) is 31.8. The molecule has 4 aromatic carbocycles. The topological polar surface area (TPSA) is 80.0 Å². The Bertz CT molecular complexity index is 1640. The van der Waals surface area contributed by atoms with Crippen LogP contribution in [-0.4, -0.2) is 32.3 Å². The molecule has 0 aliphatic carbocycles. The summed E-state index contributed by atoms with van der Waals surface area (Å²) in [4.78, 5) is 12.5. The summed E-state index contributed by atoms with van der Waals surface area (Å²) in [5.74, 6) is 1.06. The molecule has 0 aliphatic rings. The number of carbonyl (C=O) groups excluding carboxylic acids is 1. The van der Waals surface area contributed by atoms with E-state index in [4.69, 9.17) is 5.10 Å². The lowest BCUT2D eigenvalue weighted by atomic mass is 9.93. The molecule has 43 heavy (non-hydrogen) atoms. The number of aromatic hydroxyl groups is 1. The fourth-order valence-corrected chi connectivity index (χ4v) is 6.02. The van der Waals surface area contributed by atoms with Gasteiger partial charge in [-0.3, -0.25) is 9.36 Å². The van der Waals surface area contributed by atoms with E-state index in [0.717, 1.165) is 47.2 Å². The van der Waals surface area contributed by atoms with Crippen molar-refractivity contribution in [3.05, 3.63) is 137 Å². The molecule has 0 bridgehead atoms. The van der Waals surface area contributed by atoms with Crippen LogP contribution >= 0.6 is 11.8 Å². The van der Waals surface area contributed by atoms with Gasteiger partial charge in [0.15, 0.2) is 5.16 Å². The molecule has 5 rings (SSSR count). The number of nitrogens with one attached hydrogen (secondary N) is 1. The van der Waals surface area contributed by atoms with Gasteiger partial charge in [-0.1, -0.05) is 90.5 Å². The predicted octanol–water partition coefficient (Wildman–Crippen LogP) is 7.64. The Morgan fingerprint density at radius 2 is 1.67 bits per heavy atom. The third-order valence-corrected chi connectivity index (χ3v) is 8.30. The zero-order chi connectivity index (χ0) is 30.0. The molecule has 1 heterocycles. The van der Waals surface area contributed by atoms with Crippen LogP contribution in [0.4, 0.5) is 4.39 Å². The minimum Gasteiger partial charge on any atom is -0.507 e. The van der Waals surface area contributed by atoms with Crippen molar-refractivity contribution in [3.63, 3.8) is 0 Å². The fourth-order valence-electron chi connectivity index (χ4n) is 5.11. The second-order valence-electron chi connectivity index (χ2n) is 10.6. The standard InChI is InChI=1S/C35H35FN4O2S/c1-25-10-9-11-27(22-25)24-43-35-39-38-33(40(35)30-13-3-2-4-14-30)28(23-26-17-19-29(36)20-18-26)12-7-8-21-37-34(42)31-15-5-6-16-32(31)41/h2-6,9-11,13-20,22,28,41H,7-8,12,21,23-24H2,1H3,(H,37,42). The van der Waals surface area contributed by atoms with Crippen LogP contribution in [0.1, 0.15) is 58.1 Å². The van der Waals surface area contributed by atoms with Gasteiger partial charge in [-0.05, 0) is 73.7 Å². The number of carbonyl (C=O) groups is 1. The lowest BCUT2D eigenvalue weighted by Crippen LogP contribution is -2.24. The number of benzene rings is 4. The summed E-state index contributed by atoms with van der Waals surface area (Å²) in [7, 11) is 0. The van der Waals surface area contributed by atoms with Gasteiger partial charge in [0.1, 0.15) is 17.4 Å². The van der Waals surface area contributed by atoms with Crippen LogP contribution in [0.3, 0.4) is 0 Å². The van der Waals surface area contributed by atoms with Crippen molar-refractivity contribution >= 4 is 17.7 Å². The first-order valence-corrected chi connectivity index (χ1v) is 15.5. The highest BCUT2D eigenvalue weighted by molar-refractivity contribution is 7.98. The van der Waals surface area contributed by atoms with E-state index in [9.17, 15) is 14.3 Å². The molecule has 8 heteroatoms. The van der Waals surface area contributed by atoms with E-state index >= 15 is 0 Å².